The van der Waals surface area contributed by atoms with E-state index in [1.165, 1.54) is 6.07 Å². The lowest BCUT2D eigenvalue weighted by atomic mass is 10.2. The number of sulfone groups is 1. The fourth-order valence-electron chi connectivity index (χ4n) is 1.58. The number of hydrogen-bond acceptors (Lipinski definition) is 5. The molecular formula is C11H15BrN2O4S. The highest BCUT2D eigenvalue weighted by Crippen LogP contribution is 2.28. The molecule has 1 rings (SSSR count). The Morgan fingerprint density at radius 1 is 1.47 bits per heavy atom. The van der Waals surface area contributed by atoms with Gasteiger partial charge in [0.1, 0.15) is 5.69 Å². The third-order valence-corrected chi connectivity index (χ3v) is 4.88. The summed E-state index contributed by atoms with van der Waals surface area (Å²) in [5.74, 6) is -0.00182. The zero-order valence-corrected chi connectivity index (χ0v) is 13.0. The molecule has 8 heteroatoms. The van der Waals surface area contributed by atoms with Crippen LogP contribution in [0.3, 0.4) is 0 Å². The van der Waals surface area contributed by atoms with E-state index in [-0.39, 0.29) is 17.2 Å². The fourth-order valence-corrected chi connectivity index (χ4v) is 3.01. The lowest BCUT2D eigenvalue weighted by molar-refractivity contribution is -0.384. The topological polar surface area (TPSA) is 89.3 Å². The molecule has 0 bridgehead atoms. The number of benzene rings is 1. The van der Waals surface area contributed by atoms with Crippen molar-refractivity contribution in [3.05, 3.63) is 32.8 Å². The molecule has 1 aromatic carbocycles. The first kappa shape index (κ1) is 15.9. The van der Waals surface area contributed by atoms with Gasteiger partial charge in [-0.2, -0.15) is 0 Å². The van der Waals surface area contributed by atoms with E-state index in [0.717, 1.165) is 0 Å². The van der Waals surface area contributed by atoms with Gasteiger partial charge in [0.25, 0.3) is 5.69 Å². The van der Waals surface area contributed by atoms with Gasteiger partial charge in [-0.3, -0.25) is 10.1 Å². The maximum absolute atomic E-state index is 11.5. The first-order chi connectivity index (χ1) is 8.75. The summed E-state index contributed by atoms with van der Waals surface area (Å²) in [7, 11) is -3.12. The van der Waals surface area contributed by atoms with Crippen molar-refractivity contribution in [2.24, 2.45) is 0 Å². The number of halogens is 1. The van der Waals surface area contributed by atoms with E-state index in [1.807, 2.05) is 0 Å². The van der Waals surface area contributed by atoms with E-state index in [0.29, 0.717) is 10.2 Å². The average molecular weight is 351 g/mol. The average Bonchev–Trinajstić information content (AvgIpc) is 2.30. The number of hydrogen-bond donors (Lipinski definition) is 1. The van der Waals surface area contributed by atoms with Gasteiger partial charge in [-0.1, -0.05) is 22.9 Å². The van der Waals surface area contributed by atoms with Crippen LogP contribution in [0.4, 0.5) is 11.4 Å². The molecule has 0 aliphatic rings. The van der Waals surface area contributed by atoms with E-state index < -0.39 is 20.8 Å². The molecule has 1 unspecified atom stereocenters. The van der Waals surface area contributed by atoms with Crippen LogP contribution in [-0.4, -0.2) is 30.9 Å². The highest BCUT2D eigenvalue weighted by molar-refractivity contribution is 9.10. The molecule has 1 N–H and O–H groups in total. The summed E-state index contributed by atoms with van der Waals surface area (Å²) >= 11 is 3.16. The predicted molar refractivity (Wildman–Crippen MR) is 78.2 cm³/mol. The van der Waals surface area contributed by atoms with Gasteiger partial charge in [-0.25, -0.2) is 8.42 Å². The minimum absolute atomic E-state index is 0.0570. The van der Waals surface area contributed by atoms with Crippen LogP contribution in [0.15, 0.2) is 22.7 Å². The molecule has 0 aromatic heterocycles. The summed E-state index contributed by atoms with van der Waals surface area (Å²) in [5, 5.41) is 13.8. The summed E-state index contributed by atoms with van der Waals surface area (Å²) in [6, 6.07) is 4.20. The van der Waals surface area contributed by atoms with Gasteiger partial charge in [-0.15, -0.1) is 0 Å². The Morgan fingerprint density at radius 2 is 2.11 bits per heavy atom. The molecule has 0 heterocycles. The first-order valence-electron chi connectivity index (χ1n) is 5.66. The molecule has 1 atom stereocenters. The fraction of sp³-hybridized carbons (Fsp3) is 0.455. The van der Waals surface area contributed by atoms with Gasteiger partial charge in [0.15, 0.2) is 9.84 Å². The van der Waals surface area contributed by atoms with E-state index in [4.69, 9.17) is 0 Å². The molecule has 0 saturated carbocycles. The van der Waals surface area contributed by atoms with Crippen LogP contribution in [-0.2, 0) is 9.84 Å². The summed E-state index contributed by atoms with van der Waals surface area (Å²) < 4.78 is 23.6. The molecule has 0 amide bonds. The quantitative estimate of drug-likeness (QED) is 0.629. The summed E-state index contributed by atoms with van der Waals surface area (Å²) in [5.41, 5.74) is 0.224. The highest BCUT2D eigenvalue weighted by Gasteiger charge is 2.18. The number of nitro benzene ring substituents is 1. The normalized spacial score (nSPS) is 13.0. The Bertz CT molecular complexity index is 574. The molecular weight excluding hydrogens is 336 g/mol. The van der Waals surface area contributed by atoms with Crippen LogP contribution in [0.2, 0.25) is 0 Å². The third kappa shape index (κ3) is 4.79. The Labute approximate surface area is 120 Å². The number of nitrogens with one attached hydrogen (secondary N) is 1. The van der Waals surface area contributed by atoms with E-state index in [1.54, 1.807) is 26.0 Å². The van der Waals surface area contributed by atoms with E-state index >= 15 is 0 Å². The van der Waals surface area contributed by atoms with E-state index in [2.05, 4.69) is 21.2 Å². The second-order valence-electron chi connectivity index (χ2n) is 4.16. The van der Waals surface area contributed by atoms with Crippen molar-refractivity contribution < 1.29 is 13.3 Å². The minimum atomic E-state index is -3.12. The van der Waals surface area contributed by atoms with Crippen molar-refractivity contribution in [3.63, 3.8) is 0 Å². The zero-order chi connectivity index (χ0) is 14.6. The monoisotopic (exact) mass is 350 g/mol. The number of rotatable bonds is 6. The Morgan fingerprint density at radius 3 is 2.63 bits per heavy atom. The predicted octanol–water partition coefficient (Wildman–Crippen LogP) is 2.59. The Kier molecular flexibility index (Phi) is 5.30. The molecule has 19 heavy (non-hydrogen) atoms. The lowest BCUT2D eigenvalue weighted by Crippen LogP contribution is -2.27. The van der Waals surface area contributed by atoms with Gasteiger partial charge in [0.2, 0.25) is 0 Å². The third-order valence-electron chi connectivity index (χ3n) is 2.50. The molecule has 106 valence electrons. The van der Waals surface area contributed by atoms with Crippen molar-refractivity contribution >= 4 is 37.1 Å². The SMILES string of the molecule is CCS(=O)(=O)CC(C)Nc1ccc(Br)cc1[N+](=O)[O-]. The van der Waals surface area contributed by atoms with Crippen LogP contribution in [0.25, 0.3) is 0 Å². The molecule has 0 aliphatic carbocycles. The van der Waals surface area contributed by atoms with Crippen LogP contribution in [0.5, 0.6) is 0 Å². The van der Waals surface area contributed by atoms with Gasteiger partial charge < -0.3 is 5.32 Å². The standard InChI is InChI=1S/C11H15BrN2O4S/c1-3-19(17,18)7-8(2)13-10-5-4-9(12)6-11(10)14(15)16/h4-6,8,13H,3,7H2,1-2H3. The molecule has 0 spiro atoms. The van der Waals surface area contributed by atoms with Crippen molar-refractivity contribution in [1.82, 2.24) is 0 Å². The molecule has 0 aliphatic heterocycles. The second kappa shape index (κ2) is 6.33. The summed E-state index contributed by atoms with van der Waals surface area (Å²) in [4.78, 5) is 10.4. The van der Waals surface area contributed by atoms with Crippen LogP contribution < -0.4 is 5.32 Å². The summed E-state index contributed by atoms with van der Waals surface area (Å²) in [6.07, 6.45) is 0. The number of nitrogens with zero attached hydrogens (tertiary/aromatic N) is 1. The van der Waals surface area contributed by atoms with Gasteiger partial charge in [-0.05, 0) is 19.1 Å². The second-order valence-corrected chi connectivity index (χ2v) is 7.48. The zero-order valence-electron chi connectivity index (χ0n) is 10.6. The van der Waals surface area contributed by atoms with Crippen molar-refractivity contribution in [2.75, 3.05) is 16.8 Å². The largest absolute Gasteiger partial charge is 0.376 e. The minimum Gasteiger partial charge on any atom is -0.376 e. The smallest absolute Gasteiger partial charge is 0.293 e. The Balaban J connectivity index is 2.91. The van der Waals surface area contributed by atoms with Gasteiger partial charge in [0, 0.05) is 22.3 Å². The van der Waals surface area contributed by atoms with Crippen LogP contribution in [0, 0.1) is 10.1 Å². The van der Waals surface area contributed by atoms with Crippen molar-refractivity contribution in [2.45, 2.75) is 19.9 Å². The first-order valence-corrected chi connectivity index (χ1v) is 8.27. The van der Waals surface area contributed by atoms with Gasteiger partial charge in [0.05, 0.1) is 10.7 Å². The maximum Gasteiger partial charge on any atom is 0.293 e. The van der Waals surface area contributed by atoms with Crippen molar-refractivity contribution in [1.29, 1.82) is 0 Å². The molecule has 0 saturated heterocycles. The maximum atomic E-state index is 11.5. The molecule has 1 aromatic rings. The summed E-state index contributed by atoms with van der Waals surface area (Å²) in [6.45, 7) is 3.25. The highest BCUT2D eigenvalue weighted by atomic mass is 79.9. The van der Waals surface area contributed by atoms with Crippen LogP contribution >= 0.6 is 15.9 Å². The Hall–Kier alpha value is -1.15. The molecule has 0 radical (unpaired) electrons. The van der Waals surface area contributed by atoms with E-state index in [9.17, 15) is 18.5 Å². The lowest BCUT2D eigenvalue weighted by Gasteiger charge is -2.15. The van der Waals surface area contributed by atoms with Gasteiger partial charge >= 0.3 is 0 Å². The number of nitro groups is 1. The van der Waals surface area contributed by atoms with Crippen molar-refractivity contribution in [3.8, 4) is 0 Å². The molecule has 6 nitrogen and oxygen atoms in total. The molecule has 0 fully saturated rings. The van der Waals surface area contributed by atoms with Crippen LogP contribution in [0.1, 0.15) is 13.8 Å². The number of anilines is 1.